The Morgan fingerprint density at radius 1 is 0.941 bits per heavy atom. The molecule has 2 aliphatic carbocycles. The van der Waals surface area contributed by atoms with Gasteiger partial charge in [0, 0.05) is 27.1 Å². The highest BCUT2D eigenvalue weighted by Gasteiger charge is 2.52. The van der Waals surface area contributed by atoms with Crippen molar-refractivity contribution in [2.45, 2.75) is 36.6 Å². The molecule has 1 aromatic heterocycles. The maximum atomic E-state index is 12.6. The molecule has 170 valence electrons. The van der Waals surface area contributed by atoms with Crippen LogP contribution in [0.25, 0.3) is 22.6 Å². The fourth-order valence-corrected chi connectivity index (χ4v) is 6.09. The first-order valence-corrected chi connectivity index (χ1v) is 11.9. The second-order valence-electron chi connectivity index (χ2n) is 9.40. The summed E-state index contributed by atoms with van der Waals surface area (Å²) < 4.78 is 5.90. The van der Waals surface area contributed by atoms with E-state index in [1.165, 1.54) is 16.7 Å². The quantitative estimate of drug-likeness (QED) is 0.327. The molecular weight excluding hydrogens is 446 g/mol. The van der Waals surface area contributed by atoms with E-state index in [4.69, 9.17) is 16.0 Å². The number of anilines is 1. The number of fused-ring (bicyclic) bond motifs is 3. The van der Waals surface area contributed by atoms with E-state index in [9.17, 15) is 9.90 Å². The van der Waals surface area contributed by atoms with Gasteiger partial charge in [0.1, 0.15) is 11.1 Å². The lowest BCUT2D eigenvalue weighted by atomic mass is 9.61. The van der Waals surface area contributed by atoms with Crippen LogP contribution >= 0.6 is 11.6 Å². The topological polar surface area (TPSA) is 62.5 Å². The fraction of sp³-hybridized carbons (Fsp3) is 0.207. The highest BCUT2D eigenvalue weighted by molar-refractivity contribution is 6.30. The molecule has 0 radical (unpaired) electrons. The van der Waals surface area contributed by atoms with Gasteiger partial charge in [-0.05, 0) is 72.7 Å². The van der Waals surface area contributed by atoms with E-state index in [2.05, 4.69) is 41.7 Å². The molecule has 0 amide bonds. The zero-order valence-electron chi connectivity index (χ0n) is 18.6. The minimum Gasteiger partial charge on any atom is -0.480 e. The van der Waals surface area contributed by atoms with Gasteiger partial charge in [-0.2, -0.15) is 0 Å². The van der Waals surface area contributed by atoms with E-state index >= 15 is 0 Å². The Bertz CT molecular complexity index is 1440. The second kappa shape index (κ2) is 7.78. The van der Waals surface area contributed by atoms with Crippen molar-refractivity contribution in [3.8, 4) is 0 Å². The van der Waals surface area contributed by atoms with E-state index in [0.717, 1.165) is 35.1 Å². The molecule has 0 atom stereocenters. The minimum absolute atomic E-state index is 0.252. The number of benzene rings is 3. The summed E-state index contributed by atoms with van der Waals surface area (Å²) in [6.45, 7) is 0. The molecule has 2 N–H and O–H groups in total. The molecule has 0 bridgehead atoms. The zero-order valence-corrected chi connectivity index (χ0v) is 19.3. The average Bonchev–Trinajstić information content (AvgIpc) is 3.40. The van der Waals surface area contributed by atoms with Crippen molar-refractivity contribution in [1.29, 1.82) is 0 Å². The molecule has 1 saturated carbocycles. The molecule has 1 heterocycles. The monoisotopic (exact) mass is 469 g/mol. The van der Waals surface area contributed by atoms with Gasteiger partial charge in [-0.3, -0.25) is 0 Å². The Hall–Kier alpha value is -3.50. The first kappa shape index (κ1) is 21.1. The first-order valence-electron chi connectivity index (χ1n) is 11.6. The molecule has 3 aromatic carbocycles. The van der Waals surface area contributed by atoms with Gasteiger partial charge in [0.2, 0.25) is 0 Å². The molecule has 4 aromatic rings. The minimum atomic E-state index is -1.04. The van der Waals surface area contributed by atoms with Crippen molar-refractivity contribution in [2.24, 2.45) is 0 Å². The van der Waals surface area contributed by atoms with Crippen LogP contribution in [0, 0.1) is 0 Å². The van der Waals surface area contributed by atoms with Gasteiger partial charge < -0.3 is 14.8 Å². The number of carboxylic acid groups (broad SMARTS) is 1. The highest BCUT2D eigenvalue weighted by atomic mass is 35.5. The molecule has 34 heavy (non-hydrogen) atoms. The average molecular weight is 470 g/mol. The lowest BCUT2D eigenvalue weighted by Crippen LogP contribution is -2.52. The Balaban J connectivity index is 1.41. The van der Waals surface area contributed by atoms with Crippen LogP contribution in [0.1, 0.15) is 42.4 Å². The summed E-state index contributed by atoms with van der Waals surface area (Å²) in [5.74, 6) is -0.826. The van der Waals surface area contributed by atoms with Crippen LogP contribution in [0.5, 0.6) is 0 Å². The van der Waals surface area contributed by atoms with Crippen LogP contribution in [-0.4, -0.2) is 16.6 Å². The fourth-order valence-electron chi connectivity index (χ4n) is 5.90. The third kappa shape index (κ3) is 3.17. The van der Waals surface area contributed by atoms with Crippen molar-refractivity contribution in [3.63, 3.8) is 0 Å². The summed E-state index contributed by atoms with van der Waals surface area (Å²) in [5, 5.41) is 15.3. The van der Waals surface area contributed by atoms with E-state index in [1.54, 1.807) is 12.1 Å². The van der Waals surface area contributed by atoms with Crippen molar-refractivity contribution in [3.05, 3.63) is 101 Å². The standard InChI is InChI=1S/C29H24ClNO3/c30-20-7-5-8-21(17-20)31-29(27(32)33)14-12-28(13-15-29)24-10-3-1-6-19(24)16-25(28)23-18-34-26-11-4-2-9-22(23)26/h1-11,16-18,31H,12-15H2,(H,32,33). The number of rotatable bonds is 4. The van der Waals surface area contributed by atoms with Crippen molar-refractivity contribution in [1.82, 2.24) is 0 Å². The normalized spacial score (nSPS) is 23.6. The van der Waals surface area contributed by atoms with Gasteiger partial charge in [-0.1, -0.05) is 60.1 Å². The number of nitrogens with one attached hydrogen (secondary N) is 1. The van der Waals surface area contributed by atoms with E-state index in [1.807, 2.05) is 36.6 Å². The van der Waals surface area contributed by atoms with Crippen LogP contribution in [0.2, 0.25) is 5.02 Å². The smallest absolute Gasteiger partial charge is 0.329 e. The van der Waals surface area contributed by atoms with Gasteiger partial charge in [-0.15, -0.1) is 0 Å². The molecule has 1 spiro atoms. The summed E-state index contributed by atoms with van der Waals surface area (Å²) in [6.07, 6.45) is 6.55. The summed E-state index contributed by atoms with van der Waals surface area (Å²) in [7, 11) is 0. The summed E-state index contributed by atoms with van der Waals surface area (Å²) in [6, 6.07) is 23.8. The molecule has 5 heteroatoms. The molecule has 0 unspecified atom stereocenters. The van der Waals surface area contributed by atoms with E-state index < -0.39 is 11.5 Å². The number of para-hydroxylation sites is 1. The Kier molecular flexibility index (Phi) is 4.82. The summed E-state index contributed by atoms with van der Waals surface area (Å²) >= 11 is 6.16. The number of halogens is 1. The molecular formula is C29H24ClNO3. The number of aliphatic carboxylic acids is 1. The second-order valence-corrected chi connectivity index (χ2v) is 9.83. The number of hydrogen-bond donors (Lipinski definition) is 2. The van der Waals surface area contributed by atoms with Crippen LogP contribution in [0.4, 0.5) is 5.69 Å². The predicted molar refractivity (Wildman–Crippen MR) is 136 cm³/mol. The molecule has 1 fully saturated rings. The van der Waals surface area contributed by atoms with Gasteiger partial charge in [-0.25, -0.2) is 4.79 Å². The third-order valence-electron chi connectivity index (χ3n) is 7.64. The number of furan rings is 1. The van der Waals surface area contributed by atoms with Crippen molar-refractivity contribution in [2.75, 3.05) is 5.32 Å². The predicted octanol–water partition coefficient (Wildman–Crippen LogP) is 7.39. The number of carbonyl (C=O) groups is 1. The Labute approximate surface area is 202 Å². The van der Waals surface area contributed by atoms with Gasteiger partial charge in [0.25, 0.3) is 0 Å². The molecule has 0 saturated heterocycles. The SMILES string of the molecule is O=C(O)C1(Nc2cccc(Cl)c2)CCC2(CC1)C(c1coc3ccccc13)=Cc1ccccc12. The molecule has 4 nitrogen and oxygen atoms in total. The maximum absolute atomic E-state index is 12.6. The van der Waals surface area contributed by atoms with Gasteiger partial charge in [0.05, 0.1) is 6.26 Å². The van der Waals surface area contributed by atoms with Gasteiger partial charge in [0.15, 0.2) is 0 Å². The maximum Gasteiger partial charge on any atom is 0.329 e. The zero-order chi connectivity index (χ0) is 23.3. The number of hydrogen-bond acceptors (Lipinski definition) is 3. The molecule has 6 rings (SSSR count). The van der Waals surface area contributed by atoms with E-state index in [-0.39, 0.29) is 5.41 Å². The van der Waals surface area contributed by atoms with Gasteiger partial charge >= 0.3 is 5.97 Å². The molecule has 2 aliphatic rings. The largest absolute Gasteiger partial charge is 0.480 e. The lowest BCUT2D eigenvalue weighted by Gasteiger charge is -2.45. The van der Waals surface area contributed by atoms with Crippen molar-refractivity contribution >= 4 is 45.9 Å². The van der Waals surface area contributed by atoms with Crippen LogP contribution in [0.3, 0.4) is 0 Å². The Morgan fingerprint density at radius 3 is 2.50 bits per heavy atom. The molecule has 0 aliphatic heterocycles. The van der Waals surface area contributed by atoms with Crippen LogP contribution < -0.4 is 5.32 Å². The first-order chi connectivity index (χ1) is 16.5. The summed E-state index contributed by atoms with van der Waals surface area (Å²) in [4.78, 5) is 12.6. The van der Waals surface area contributed by atoms with Crippen LogP contribution in [-0.2, 0) is 10.2 Å². The number of allylic oxidation sites excluding steroid dienone is 1. The van der Waals surface area contributed by atoms with Crippen molar-refractivity contribution < 1.29 is 14.3 Å². The third-order valence-corrected chi connectivity index (χ3v) is 7.87. The Morgan fingerprint density at radius 2 is 1.71 bits per heavy atom. The van der Waals surface area contributed by atoms with Crippen LogP contribution in [0.15, 0.2) is 83.5 Å². The number of carboxylic acids is 1. The van der Waals surface area contributed by atoms with E-state index in [0.29, 0.717) is 17.9 Å². The lowest BCUT2D eigenvalue weighted by molar-refractivity contribution is -0.143. The highest BCUT2D eigenvalue weighted by Crippen LogP contribution is 2.57. The summed E-state index contributed by atoms with van der Waals surface area (Å²) in [5.41, 5.74) is 5.09.